The van der Waals surface area contributed by atoms with Gasteiger partial charge in [-0.05, 0) is 53.3 Å². The van der Waals surface area contributed by atoms with Gasteiger partial charge in [-0.15, -0.1) is 0 Å². The van der Waals surface area contributed by atoms with Gasteiger partial charge >= 0.3 is 5.97 Å². The monoisotopic (exact) mass is 537 g/mol. The van der Waals surface area contributed by atoms with E-state index in [0.29, 0.717) is 23.7 Å². The summed E-state index contributed by atoms with van der Waals surface area (Å²) in [6, 6.07) is 21.7. The van der Waals surface area contributed by atoms with Gasteiger partial charge in [-0.1, -0.05) is 36.4 Å². The maximum atomic E-state index is 11.4. The van der Waals surface area contributed by atoms with Crippen LogP contribution in [0, 0.1) is 0 Å². The molecule has 9 heteroatoms. The molecule has 40 heavy (non-hydrogen) atoms. The lowest BCUT2D eigenvalue weighted by Gasteiger charge is -2.18. The highest BCUT2D eigenvalue weighted by atomic mass is 16.5. The normalized spacial score (nSPS) is 15.7. The van der Waals surface area contributed by atoms with Gasteiger partial charge in [-0.3, -0.25) is 14.4 Å². The number of hydrogen-bond acceptors (Lipinski definition) is 7. The summed E-state index contributed by atoms with van der Waals surface area (Å²) in [6.07, 6.45) is 2.52. The Balaban J connectivity index is 1.40. The zero-order chi connectivity index (χ0) is 27.6. The summed E-state index contributed by atoms with van der Waals surface area (Å²) in [5.74, 6) is 0.140. The van der Waals surface area contributed by atoms with E-state index in [2.05, 4.69) is 38.8 Å². The molecule has 0 radical (unpaired) electrons. The number of carboxylic acids is 1. The Morgan fingerprint density at radius 3 is 2.67 bits per heavy atom. The number of nitrogens with zero attached hydrogens (tertiary/aromatic N) is 4. The Bertz CT molecular complexity index is 1700. The number of benzene rings is 3. The van der Waals surface area contributed by atoms with Crippen molar-refractivity contribution in [2.75, 3.05) is 32.0 Å². The highest BCUT2D eigenvalue weighted by Gasteiger charge is 2.27. The molecule has 5 aromatic rings. The number of rotatable bonds is 9. The molecule has 3 aromatic carbocycles. The fourth-order valence-corrected chi connectivity index (χ4v) is 5.61. The van der Waals surface area contributed by atoms with Gasteiger partial charge in [0.15, 0.2) is 0 Å². The molecule has 1 aliphatic heterocycles. The lowest BCUT2D eigenvalue weighted by Crippen LogP contribution is -2.25. The van der Waals surface area contributed by atoms with Gasteiger partial charge in [0.1, 0.15) is 18.2 Å². The van der Waals surface area contributed by atoms with Gasteiger partial charge in [0, 0.05) is 42.2 Å². The van der Waals surface area contributed by atoms with E-state index in [1.807, 2.05) is 30.3 Å². The van der Waals surface area contributed by atoms with Crippen LogP contribution in [0.5, 0.6) is 5.75 Å². The van der Waals surface area contributed by atoms with E-state index in [4.69, 9.17) is 15.6 Å². The second kappa shape index (κ2) is 11.0. The first-order valence-corrected chi connectivity index (χ1v) is 13.4. The number of ether oxygens (including phenoxy) is 1. The minimum absolute atomic E-state index is 0.112. The topological polar surface area (TPSA) is 127 Å². The maximum Gasteiger partial charge on any atom is 0.307 e. The average molecular weight is 538 g/mol. The minimum Gasteiger partial charge on any atom is -0.487 e. The highest BCUT2D eigenvalue weighted by Crippen LogP contribution is 2.33. The van der Waals surface area contributed by atoms with Gasteiger partial charge in [0.2, 0.25) is 0 Å². The summed E-state index contributed by atoms with van der Waals surface area (Å²) in [5.41, 5.74) is 10.6. The number of para-hydroxylation sites is 1. The van der Waals surface area contributed by atoms with Crippen LogP contribution < -0.4 is 10.5 Å². The number of aromatic nitrogens is 3. The lowest BCUT2D eigenvalue weighted by atomic mass is 10.00. The van der Waals surface area contributed by atoms with Crippen molar-refractivity contribution >= 4 is 33.5 Å². The predicted molar refractivity (Wildman–Crippen MR) is 154 cm³/mol. The fourth-order valence-electron chi connectivity index (χ4n) is 5.61. The lowest BCUT2D eigenvalue weighted by molar-refractivity contribution is -0.136. The number of pyridine rings is 1. The number of carbonyl (C=O) groups is 1. The van der Waals surface area contributed by atoms with E-state index in [1.54, 1.807) is 18.3 Å². The number of nitrogens with two attached hydrogens (primary N) is 1. The predicted octanol–water partition coefficient (Wildman–Crippen LogP) is 4.28. The van der Waals surface area contributed by atoms with E-state index >= 15 is 0 Å². The third-order valence-corrected chi connectivity index (χ3v) is 7.62. The number of hydrogen-bond donors (Lipinski definition) is 3. The summed E-state index contributed by atoms with van der Waals surface area (Å²) in [4.78, 5) is 17.9. The molecule has 1 atom stereocenters. The van der Waals surface area contributed by atoms with Crippen LogP contribution in [0.3, 0.4) is 0 Å². The first kappa shape index (κ1) is 25.8. The summed E-state index contributed by atoms with van der Waals surface area (Å²) < 4.78 is 8.34. The van der Waals surface area contributed by atoms with Crippen molar-refractivity contribution < 1.29 is 19.7 Å². The van der Waals surface area contributed by atoms with Gasteiger partial charge in [-0.25, -0.2) is 4.98 Å². The summed E-state index contributed by atoms with van der Waals surface area (Å²) >= 11 is 0. The third-order valence-electron chi connectivity index (χ3n) is 7.62. The van der Waals surface area contributed by atoms with Crippen molar-refractivity contribution in [3.8, 4) is 16.9 Å². The minimum atomic E-state index is -0.905. The number of carboxylic acid groups (broad SMARTS) is 1. The third kappa shape index (κ3) is 5.09. The Kier molecular flexibility index (Phi) is 7.06. The van der Waals surface area contributed by atoms with Crippen LogP contribution in [-0.4, -0.2) is 62.1 Å². The van der Waals surface area contributed by atoms with Gasteiger partial charge < -0.3 is 20.7 Å². The summed E-state index contributed by atoms with van der Waals surface area (Å²) in [6.45, 7) is 2.68. The van der Waals surface area contributed by atoms with Crippen molar-refractivity contribution in [1.29, 1.82) is 0 Å². The Labute approximate surface area is 231 Å². The summed E-state index contributed by atoms with van der Waals surface area (Å²) in [5, 5.41) is 26.7. The Hall–Kier alpha value is -4.47. The molecule has 0 amide bonds. The second-order valence-corrected chi connectivity index (χ2v) is 10.2. The average Bonchev–Trinajstić information content (AvgIpc) is 3.56. The molecule has 0 bridgehead atoms. The van der Waals surface area contributed by atoms with Gasteiger partial charge in [0.05, 0.1) is 30.3 Å². The smallest absolute Gasteiger partial charge is 0.307 e. The van der Waals surface area contributed by atoms with Crippen LogP contribution in [-0.2, 0) is 17.8 Å². The molecule has 3 heterocycles. The number of β-amino-alcohol motifs (C(OH)–C–C–N with tert-alkyl or cyclic N) is 1. The van der Waals surface area contributed by atoms with Crippen LogP contribution >= 0.6 is 0 Å². The number of aliphatic hydroxyl groups is 1. The second-order valence-electron chi connectivity index (χ2n) is 10.2. The molecule has 1 aliphatic rings. The molecule has 0 aliphatic carbocycles. The van der Waals surface area contributed by atoms with Crippen molar-refractivity contribution in [1.82, 2.24) is 19.7 Å². The first-order chi connectivity index (χ1) is 19.5. The molecule has 6 rings (SSSR count). The van der Waals surface area contributed by atoms with Gasteiger partial charge in [-0.2, -0.15) is 5.10 Å². The molecule has 1 saturated heterocycles. The Morgan fingerprint density at radius 1 is 1.05 bits per heavy atom. The highest BCUT2D eigenvalue weighted by molar-refractivity contribution is 5.95. The number of aliphatic hydroxyl groups excluding tert-OH is 1. The zero-order valence-corrected chi connectivity index (χ0v) is 22.0. The zero-order valence-electron chi connectivity index (χ0n) is 22.0. The number of anilines is 1. The molecule has 0 saturated carbocycles. The number of likely N-dealkylation sites (tertiary alicyclic amines) is 1. The van der Waals surface area contributed by atoms with E-state index in [-0.39, 0.29) is 25.7 Å². The molecule has 1 unspecified atom stereocenters. The van der Waals surface area contributed by atoms with Crippen LogP contribution in [0.15, 0.2) is 72.9 Å². The van der Waals surface area contributed by atoms with Crippen molar-refractivity contribution in [2.45, 2.75) is 25.5 Å². The molecular formula is C31H31N5O4. The van der Waals surface area contributed by atoms with Crippen LogP contribution in [0.4, 0.5) is 5.82 Å². The van der Waals surface area contributed by atoms with E-state index in [0.717, 1.165) is 58.0 Å². The van der Waals surface area contributed by atoms with Crippen LogP contribution in [0.1, 0.15) is 23.7 Å². The number of aliphatic carboxylic acids is 1. The standard InChI is InChI=1S/C31H31N5O4/c32-31-25-15-21(6-5-20(25)9-11-33-31)22-7-8-27-26(16-22)28(36(34-27)24-10-12-35(18-24)13-14-37)19-40-29-4-2-1-3-23(29)17-30(38)39/h1-9,11,15-16,24,37H,10,12-14,17-19H2,(H2,32,33)(H,38,39). The number of nitrogen functional groups attached to an aromatic ring is 1. The molecule has 4 N–H and O–H groups in total. The molecule has 204 valence electrons. The molecule has 9 nitrogen and oxygen atoms in total. The van der Waals surface area contributed by atoms with E-state index in [1.165, 1.54) is 0 Å². The fraction of sp³-hybridized carbons (Fsp3) is 0.258. The van der Waals surface area contributed by atoms with Crippen LogP contribution in [0.2, 0.25) is 0 Å². The quantitative estimate of drug-likeness (QED) is 0.254. The van der Waals surface area contributed by atoms with Gasteiger partial charge in [0.25, 0.3) is 0 Å². The van der Waals surface area contributed by atoms with Crippen molar-refractivity contribution in [3.63, 3.8) is 0 Å². The maximum absolute atomic E-state index is 11.4. The number of fused-ring (bicyclic) bond motifs is 2. The molecule has 2 aromatic heterocycles. The van der Waals surface area contributed by atoms with Crippen LogP contribution in [0.25, 0.3) is 32.8 Å². The molecule has 0 spiro atoms. The van der Waals surface area contributed by atoms with Crippen molar-refractivity contribution in [3.05, 3.63) is 84.2 Å². The first-order valence-electron chi connectivity index (χ1n) is 13.4. The Morgan fingerprint density at radius 2 is 1.85 bits per heavy atom. The molecule has 1 fully saturated rings. The van der Waals surface area contributed by atoms with E-state index in [9.17, 15) is 15.0 Å². The summed E-state index contributed by atoms with van der Waals surface area (Å²) in [7, 11) is 0. The largest absolute Gasteiger partial charge is 0.487 e. The molecular weight excluding hydrogens is 506 g/mol. The van der Waals surface area contributed by atoms with E-state index < -0.39 is 5.97 Å². The van der Waals surface area contributed by atoms with Crippen molar-refractivity contribution in [2.24, 2.45) is 0 Å². The SMILES string of the molecule is Nc1nccc2ccc(-c3ccc4nn(C5CCN(CCO)C5)c(COc5ccccc5CC(=O)O)c4c3)cc12.